The average Bonchev–Trinajstić information content (AvgIpc) is 2.53. The highest BCUT2D eigenvalue weighted by molar-refractivity contribution is 5.79. The van der Waals surface area contributed by atoms with Crippen molar-refractivity contribution in [2.75, 3.05) is 0 Å². The highest BCUT2D eigenvalue weighted by Gasteiger charge is 2.20. The summed E-state index contributed by atoms with van der Waals surface area (Å²) in [7, 11) is 0. The average molecular weight is 212 g/mol. The topological polar surface area (TPSA) is 0 Å². The molecule has 2 rings (SSSR count). The van der Waals surface area contributed by atoms with Crippen LogP contribution in [0.2, 0.25) is 0 Å². The standard InChI is InChI=1S/C16H20/c1-5-14-8-6-7-9-15(14)16-12(3)10-11(2)13(16)4/h6-10,12H,5H2,1-4H3. The Bertz CT molecular complexity index is 461. The van der Waals surface area contributed by atoms with E-state index in [2.05, 4.69) is 58.0 Å². The second-order valence-corrected chi connectivity index (χ2v) is 4.69. The first kappa shape index (κ1) is 11.2. The molecule has 1 aromatic carbocycles. The van der Waals surface area contributed by atoms with E-state index in [1.165, 1.54) is 27.8 Å². The maximum atomic E-state index is 2.37. The maximum Gasteiger partial charge on any atom is 0.000413 e. The molecule has 1 aliphatic rings. The second kappa shape index (κ2) is 4.29. The van der Waals surface area contributed by atoms with Gasteiger partial charge in [-0.3, -0.25) is 0 Å². The van der Waals surface area contributed by atoms with Gasteiger partial charge in [0.25, 0.3) is 0 Å². The third kappa shape index (κ3) is 1.73. The molecule has 16 heavy (non-hydrogen) atoms. The molecule has 0 bridgehead atoms. The van der Waals surface area contributed by atoms with Gasteiger partial charge in [-0.05, 0) is 42.5 Å². The molecule has 1 aliphatic carbocycles. The van der Waals surface area contributed by atoms with E-state index in [1.54, 1.807) is 0 Å². The van der Waals surface area contributed by atoms with Crippen LogP contribution in [0.4, 0.5) is 0 Å². The van der Waals surface area contributed by atoms with Crippen molar-refractivity contribution in [3.8, 4) is 0 Å². The predicted molar refractivity (Wildman–Crippen MR) is 71.3 cm³/mol. The Morgan fingerprint density at radius 2 is 1.81 bits per heavy atom. The van der Waals surface area contributed by atoms with Gasteiger partial charge in [0, 0.05) is 5.92 Å². The van der Waals surface area contributed by atoms with Crippen molar-refractivity contribution < 1.29 is 0 Å². The van der Waals surface area contributed by atoms with Gasteiger partial charge in [0.2, 0.25) is 0 Å². The Morgan fingerprint density at radius 1 is 1.12 bits per heavy atom. The summed E-state index contributed by atoms with van der Waals surface area (Å²) in [6, 6.07) is 8.80. The van der Waals surface area contributed by atoms with E-state index in [0.717, 1.165) is 6.42 Å². The summed E-state index contributed by atoms with van der Waals surface area (Å²) in [5.74, 6) is 0.563. The lowest BCUT2D eigenvalue weighted by molar-refractivity contribution is 0.967. The van der Waals surface area contributed by atoms with Crippen LogP contribution in [-0.4, -0.2) is 0 Å². The fourth-order valence-corrected chi connectivity index (χ4v) is 2.68. The van der Waals surface area contributed by atoms with Crippen molar-refractivity contribution in [1.82, 2.24) is 0 Å². The molecule has 0 fully saturated rings. The molecule has 0 heterocycles. The van der Waals surface area contributed by atoms with Gasteiger partial charge >= 0.3 is 0 Å². The molecule has 1 aromatic rings. The molecule has 84 valence electrons. The largest absolute Gasteiger partial charge is 0.0740 e. The monoisotopic (exact) mass is 212 g/mol. The van der Waals surface area contributed by atoms with E-state index < -0.39 is 0 Å². The molecule has 0 radical (unpaired) electrons. The van der Waals surface area contributed by atoms with Gasteiger partial charge in [0.05, 0.1) is 0 Å². The van der Waals surface area contributed by atoms with Gasteiger partial charge in [0.1, 0.15) is 0 Å². The molecule has 0 amide bonds. The van der Waals surface area contributed by atoms with E-state index in [0.29, 0.717) is 5.92 Å². The summed E-state index contributed by atoms with van der Waals surface area (Å²) in [6.07, 6.45) is 3.48. The minimum Gasteiger partial charge on any atom is -0.0740 e. The van der Waals surface area contributed by atoms with Crippen molar-refractivity contribution in [3.05, 3.63) is 52.6 Å². The molecule has 0 aromatic heterocycles. The lowest BCUT2D eigenvalue weighted by Crippen LogP contribution is -1.97. The van der Waals surface area contributed by atoms with Crippen LogP contribution >= 0.6 is 0 Å². The Hall–Kier alpha value is -1.30. The fraction of sp³-hybridized carbons (Fsp3) is 0.375. The number of hydrogen-bond acceptors (Lipinski definition) is 0. The third-order valence-electron chi connectivity index (χ3n) is 3.64. The predicted octanol–water partition coefficient (Wildman–Crippen LogP) is 4.62. The molecule has 0 N–H and O–H groups in total. The normalized spacial score (nSPS) is 20.2. The zero-order valence-electron chi connectivity index (χ0n) is 10.7. The minimum absolute atomic E-state index is 0.563. The van der Waals surface area contributed by atoms with E-state index in [1.807, 2.05) is 0 Å². The SMILES string of the molecule is CCc1ccccc1C1=C(C)C(C)=CC1C. The van der Waals surface area contributed by atoms with Crippen molar-refractivity contribution in [2.45, 2.75) is 34.1 Å². The highest BCUT2D eigenvalue weighted by Crippen LogP contribution is 2.38. The van der Waals surface area contributed by atoms with Gasteiger partial charge in [-0.15, -0.1) is 0 Å². The fourth-order valence-electron chi connectivity index (χ4n) is 2.68. The lowest BCUT2D eigenvalue weighted by atomic mass is 9.90. The first-order valence-corrected chi connectivity index (χ1v) is 6.13. The second-order valence-electron chi connectivity index (χ2n) is 4.69. The Labute approximate surface area is 98.7 Å². The van der Waals surface area contributed by atoms with Crippen molar-refractivity contribution in [3.63, 3.8) is 0 Å². The highest BCUT2D eigenvalue weighted by atomic mass is 14.2. The van der Waals surface area contributed by atoms with Gasteiger partial charge in [0.15, 0.2) is 0 Å². The van der Waals surface area contributed by atoms with Crippen LogP contribution < -0.4 is 0 Å². The lowest BCUT2D eigenvalue weighted by Gasteiger charge is -2.14. The molecule has 0 nitrogen and oxygen atoms in total. The quantitative estimate of drug-likeness (QED) is 0.671. The van der Waals surface area contributed by atoms with Crippen LogP contribution in [0.25, 0.3) is 5.57 Å². The molecule has 0 aliphatic heterocycles. The number of rotatable bonds is 2. The number of allylic oxidation sites excluding steroid dienone is 4. The van der Waals surface area contributed by atoms with Crippen molar-refractivity contribution in [2.24, 2.45) is 5.92 Å². The summed E-state index contributed by atoms with van der Waals surface area (Å²) < 4.78 is 0. The number of benzene rings is 1. The van der Waals surface area contributed by atoms with Crippen molar-refractivity contribution >= 4 is 5.57 Å². The zero-order chi connectivity index (χ0) is 11.7. The number of aryl methyl sites for hydroxylation is 1. The van der Waals surface area contributed by atoms with E-state index in [4.69, 9.17) is 0 Å². The van der Waals surface area contributed by atoms with E-state index >= 15 is 0 Å². The van der Waals surface area contributed by atoms with Gasteiger partial charge in [-0.2, -0.15) is 0 Å². The van der Waals surface area contributed by atoms with Crippen LogP contribution in [0.1, 0.15) is 38.8 Å². The number of hydrogen-bond donors (Lipinski definition) is 0. The van der Waals surface area contributed by atoms with Crippen LogP contribution in [0.15, 0.2) is 41.5 Å². The Kier molecular flexibility index (Phi) is 3.00. The summed E-state index contributed by atoms with van der Waals surface area (Å²) >= 11 is 0. The summed E-state index contributed by atoms with van der Waals surface area (Å²) in [4.78, 5) is 0. The Balaban J connectivity index is 2.54. The molecular weight excluding hydrogens is 192 g/mol. The molecule has 0 heteroatoms. The Morgan fingerprint density at radius 3 is 2.38 bits per heavy atom. The van der Waals surface area contributed by atoms with Crippen LogP contribution in [-0.2, 0) is 6.42 Å². The van der Waals surface area contributed by atoms with Gasteiger partial charge in [-0.1, -0.05) is 49.8 Å². The van der Waals surface area contributed by atoms with Crippen molar-refractivity contribution in [1.29, 1.82) is 0 Å². The molecule has 1 unspecified atom stereocenters. The molecule has 0 spiro atoms. The van der Waals surface area contributed by atoms with Gasteiger partial charge in [-0.25, -0.2) is 0 Å². The third-order valence-corrected chi connectivity index (χ3v) is 3.64. The first-order chi connectivity index (χ1) is 7.65. The summed E-state index contributed by atoms with van der Waals surface area (Å²) in [5.41, 5.74) is 7.34. The molecule has 0 saturated carbocycles. The zero-order valence-corrected chi connectivity index (χ0v) is 10.7. The van der Waals surface area contributed by atoms with E-state index in [9.17, 15) is 0 Å². The summed E-state index contributed by atoms with van der Waals surface area (Å²) in [5, 5.41) is 0. The van der Waals surface area contributed by atoms with E-state index in [-0.39, 0.29) is 0 Å². The van der Waals surface area contributed by atoms with Crippen LogP contribution in [0.3, 0.4) is 0 Å². The molecule has 0 saturated heterocycles. The minimum atomic E-state index is 0.563. The maximum absolute atomic E-state index is 2.37. The summed E-state index contributed by atoms with van der Waals surface area (Å²) in [6.45, 7) is 8.99. The molecule has 1 atom stereocenters. The smallest absolute Gasteiger partial charge is 0.000413 e. The van der Waals surface area contributed by atoms with Gasteiger partial charge < -0.3 is 0 Å². The first-order valence-electron chi connectivity index (χ1n) is 6.13. The van der Waals surface area contributed by atoms with Crippen LogP contribution in [0, 0.1) is 5.92 Å². The molecular formula is C16H20. The van der Waals surface area contributed by atoms with Crippen LogP contribution in [0.5, 0.6) is 0 Å².